The summed E-state index contributed by atoms with van der Waals surface area (Å²) >= 11 is 0. The Bertz CT molecular complexity index is 1390. The molecular formula is C29H33N3O4. The largest absolute Gasteiger partial charge is 0.497 e. The Morgan fingerprint density at radius 1 is 0.972 bits per heavy atom. The lowest BCUT2D eigenvalue weighted by atomic mass is 9.59. The molecule has 0 fully saturated rings. The van der Waals surface area contributed by atoms with Gasteiger partial charge < -0.3 is 14.6 Å². The second-order valence-corrected chi connectivity index (χ2v) is 9.95. The van der Waals surface area contributed by atoms with Gasteiger partial charge in [-0.05, 0) is 72.9 Å². The minimum absolute atomic E-state index is 0.415. The van der Waals surface area contributed by atoms with Crippen molar-refractivity contribution in [3.63, 3.8) is 0 Å². The van der Waals surface area contributed by atoms with Crippen molar-refractivity contribution in [2.45, 2.75) is 46.3 Å². The van der Waals surface area contributed by atoms with E-state index in [-0.39, 0.29) is 0 Å². The highest BCUT2D eigenvalue weighted by molar-refractivity contribution is 5.80. The number of aryl methyl sites for hydroxylation is 2. The lowest BCUT2D eigenvalue weighted by molar-refractivity contribution is -0.150. The molecule has 1 N–H and O–H groups in total. The maximum atomic E-state index is 12.5. The number of rotatable bonds is 9. The number of aliphatic carboxylic acids is 1. The summed E-state index contributed by atoms with van der Waals surface area (Å²) in [7, 11) is 3.49. The summed E-state index contributed by atoms with van der Waals surface area (Å²) in [6.07, 6.45) is 0. The fourth-order valence-corrected chi connectivity index (χ4v) is 4.59. The van der Waals surface area contributed by atoms with Gasteiger partial charge in [0.25, 0.3) is 0 Å². The zero-order valence-electron chi connectivity index (χ0n) is 21.7. The van der Waals surface area contributed by atoms with E-state index in [1.54, 1.807) is 25.6 Å². The van der Waals surface area contributed by atoms with Gasteiger partial charge in [-0.3, -0.25) is 4.79 Å². The van der Waals surface area contributed by atoms with E-state index in [1.165, 1.54) is 0 Å². The van der Waals surface area contributed by atoms with Crippen LogP contribution in [0, 0.1) is 12.3 Å². The number of hydrogen-bond donors (Lipinski definition) is 1. The highest BCUT2D eigenvalue weighted by Gasteiger charge is 2.49. The number of nitrogens with zero attached hydrogens (tertiary/aromatic N) is 3. The molecule has 4 aromatic rings. The maximum Gasteiger partial charge on any atom is 0.310 e. The summed E-state index contributed by atoms with van der Waals surface area (Å²) in [5.74, 6) is -0.0654. The molecule has 0 aliphatic carbocycles. The van der Waals surface area contributed by atoms with E-state index in [9.17, 15) is 9.90 Å². The summed E-state index contributed by atoms with van der Waals surface area (Å²) in [5, 5.41) is 18.7. The molecule has 0 spiro atoms. The molecular weight excluding hydrogens is 454 g/mol. The van der Waals surface area contributed by atoms with Gasteiger partial charge in [0.1, 0.15) is 11.3 Å². The van der Waals surface area contributed by atoms with Crippen LogP contribution in [0.15, 0.2) is 60.7 Å². The minimum atomic E-state index is -1.11. The average molecular weight is 488 g/mol. The van der Waals surface area contributed by atoms with Gasteiger partial charge in [0.2, 0.25) is 0 Å². The molecule has 1 heterocycles. The molecule has 1 unspecified atom stereocenters. The van der Waals surface area contributed by atoms with Gasteiger partial charge in [0.05, 0.1) is 31.3 Å². The number of fused-ring (bicyclic) bond motifs is 1. The highest BCUT2D eigenvalue weighted by Crippen LogP contribution is 2.48. The maximum absolute atomic E-state index is 12.5. The Kier molecular flexibility index (Phi) is 6.87. The third-order valence-corrected chi connectivity index (χ3v) is 7.58. The highest BCUT2D eigenvalue weighted by atomic mass is 16.5. The minimum Gasteiger partial charge on any atom is -0.497 e. The summed E-state index contributed by atoms with van der Waals surface area (Å²) in [5.41, 5.74) is 4.62. The van der Waals surface area contributed by atoms with Gasteiger partial charge in [-0.2, -0.15) is 0 Å². The number of methoxy groups -OCH3 is 1. The molecule has 0 aliphatic heterocycles. The van der Waals surface area contributed by atoms with Gasteiger partial charge in [-0.25, -0.2) is 4.68 Å². The molecule has 7 heteroatoms. The predicted molar refractivity (Wildman–Crippen MR) is 139 cm³/mol. The first kappa shape index (κ1) is 25.4. The quantitative estimate of drug-likeness (QED) is 0.339. The molecule has 188 valence electrons. The number of hydrogen-bond acceptors (Lipinski definition) is 5. The Balaban J connectivity index is 1.70. The topological polar surface area (TPSA) is 86.5 Å². The van der Waals surface area contributed by atoms with Crippen molar-refractivity contribution in [3.8, 4) is 5.75 Å². The molecule has 7 nitrogen and oxygen atoms in total. The van der Waals surface area contributed by atoms with Crippen LogP contribution < -0.4 is 4.74 Å². The molecule has 0 saturated carbocycles. The van der Waals surface area contributed by atoms with Gasteiger partial charge in [-0.1, -0.05) is 48.5 Å². The Morgan fingerprint density at radius 3 is 2.31 bits per heavy atom. The van der Waals surface area contributed by atoms with Crippen LogP contribution in [0.5, 0.6) is 5.75 Å². The Labute approximate surface area is 211 Å². The van der Waals surface area contributed by atoms with Crippen LogP contribution >= 0.6 is 0 Å². The van der Waals surface area contributed by atoms with Crippen LogP contribution in [0.2, 0.25) is 0 Å². The van der Waals surface area contributed by atoms with Crippen molar-refractivity contribution in [3.05, 3.63) is 88.5 Å². The fourth-order valence-electron chi connectivity index (χ4n) is 4.59. The van der Waals surface area contributed by atoms with Crippen molar-refractivity contribution in [1.29, 1.82) is 0 Å². The number of benzene rings is 3. The normalized spacial score (nSPS) is 13.5. The standard InChI is InChI=1S/C29H33N3O4/c1-19-7-10-22(15-21(19)18-36-17-20-8-12-24(35-6)13-9-20)29(4,28(2,3)27(33)34)23-11-14-26-25(16-23)30-31-32(26)5/h7-16H,17-18H2,1-6H3,(H,33,34). The van der Waals surface area contributed by atoms with E-state index in [1.807, 2.05) is 75.5 Å². The monoisotopic (exact) mass is 487 g/mol. The third-order valence-electron chi connectivity index (χ3n) is 7.58. The van der Waals surface area contributed by atoms with Crippen LogP contribution in [-0.4, -0.2) is 33.2 Å². The van der Waals surface area contributed by atoms with Gasteiger partial charge >= 0.3 is 5.97 Å². The molecule has 0 radical (unpaired) electrons. The zero-order chi connectivity index (χ0) is 26.1. The summed E-state index contributed by atoms with van der Waals surface area (Å²) in [6, 6.07) is 19.8. The van der Waals surface area contributed by atoms with Crippen molar-refractivity contribution < 1.29 is 19.4 Å². The van der Waals surface area contributed by atoms with Crippen LogP contribution in [-0.2, 0) is 35.2 Å². The molecule has 0 saturated heterocycles. The molecule has 0 aliphatic rings. The molecule has 1 atom stereocenters. The molecule has 1 aromatic heterocycles. The van der Waals surface area contributed by atoms with Gasteiger partial charge in [-0.15, -0.1) is 5.10 Å². The summed E-state index contributed by atoms with van der Waals surface area (Å²) in [6.45, 7) is 8.46. The van der Waals surface area contributed by atoms with Crippen molar-refractivity contribution in [2.24, 2.45) is 12.5 Å². The predicted octanol–water partition coefficient (Wildman–Crippen LogP) is 5.42. The van der Waals surface area contributed by atoms with Crippen LogP contribution in [0.4, 0.5) is 0 Å². The fraction of sp³-hybridized carbons (Fsp3) is 0.345. The Morgan fingerprint density at radius 2 is 1.64 bits per heavy atom. The van der Waals surface area contributed by atoms with Crippen LogP contribution in [0.25, 0.3) is 11.0 Å². The first-order valence-corrected chi connectivity index (χ1v) is 11.9. The SMILES string of the molecule is COc1ccc(COCc2cc(C(C)(c3ccc4c(c3)nnn4C)C(C)(C)C(=O)O)ccc2C)cc1. The smallest absolute Gasteiger partial charge is 0.310 e. The molecule has 4 rings (SSSR count). The first-order valence-electron chi connectivity index (χ1n) is 11.9. The zero-order valence-corrected chi connectivity index (χ0v) is 21.7. The number of carboxylic acid groups (broad SMARTS) is 1. The van der Waals surface area contributed by atoms with Crippen LogP contribution in [0.1, 0.15) is 48.6 Å². The number of ether oxygens (including phenoxy) is 2. The van der Waals surface area contributed by atoms with Crippen LogP contribution in [0.3, 0.4) is 0 Å². The van der Waals surface area contributed by atoms with Gasteiger partial charge in [0.15, 0.2) is 0 Å². The molecule has 0 amide bonds. The van der Waals surface area contributed by atoms with E-state index < -0.39 is 16.8 Å². The summed E-state index contributed by atoms with van der Waals surface area (Å²) < 4.78 is 13.0. The lowest BCUT2D eigenvalue weighted by Gasteiger charge is -2.42. The van der Waals surface area contributed by atoms with E-state index in [2.05, 4.69) is 16.4 Å². The number of carbonyl (C=O) groups is 1. The number of aromatic nitrogens is 3. The van der Waals surface area contributed by atoms with E-state index >= 15 is 0 Å². The van der Waals surface area contributed by atoms with E-state index in [4.69, 9.17) is 9.47 Å². The van der Waals surface area contributed by atoms with Crippen molar-refractivity contribution in [1.82, 2.24) is 15.0 Å². The lowest BCUT2D eigenvalue weighted by Crippen LogP contribution is -2.46. The second kappa shape index (κ2) is 9.74. The van der Waals surface area contributed by atoms with Crippen molar-refractivity contribution >= 4 is 17.0 Å². The number of carboxylic acids is 1. The van der Waals surface area contributed by atoms with E-state index in [0.717, 1.165) is 44.6 Å². The first-order chi connectivity index (χ1) is 17.1. The second-order valence-electron chi connectivity index (χ2n) is 9.95. The van der Waals surface area contributed by atoms with Gasteiger partial charge in [0, 0.05) is 12.5 Å². The average Bonchev–Trinajstić information content (AvgIpc) is 3.24. The molecule has 36 heavy (non-hydrogen) atoms. The van der Waals surface area contributed by atoms with Crippen molar-refractivity contribution in [2.75, 3.05) is 7.11 Å². The molecule has 0 bridgehead atoms. The van der Waals surface area contributed by atoms with E-state index in [0.29, 0.717) is 13.2 Å². The Hall–Kier alpha value is -3.71. The molecule has 3 aromatic carbocycles. The summed E-state index contributed by atoms with van der Waals surface area (Å²) in [4.78, 5) is 12.5. The third kappa shape index (κ3) is 4.46.